The number of hydrogen-bond acceptors (Lipinski definition) is 6. The maximum atomic E-state index is 13.1. The average molecular weight is 412 g/mol. The number of nitrogens with zero attached hydrogens (tertiary/aromatic N) is 1. The van der Waals surface area contributed by atoms with Crippen LogP contribution in [0.1, 0.15) is 18.5 Å². The minimum Gasteiger partial charge on any atom is -0.497 e. The molecule has 1 aliphatic heterocycles. The zero-order valence-electron chi connectivity index (χ0n) is 16.5. The summed E-state index contributed by atoms with van der Waals surface area (Å²) < 4.78 is 10.6. The lowest BCUT2D eigenvalue weighted by atomic mass is 9.94. The molecule has 3 rings (SSSR count). The fourth-order valence-corrected chi connectivity index (χ4v) is 3.18. The zero-order chi connectivity index (χ0) is 21.8. The number of nitrogens with one attached hydrogen (secondary N) is 3. The Morgan fingerprint density at radius 3 is 2.60 bits per heavy atom. The number of nitro benzene ring substituents is 1. The number of amides is 3. The summed E-state index contributed by atoms with van der Waals surface area (Å²) in [6.45, 7) is 1.60. The largest absolute Gasteiger partial charge is 0.497 e. The molecule has 0 saturated heterocycles. The van der Waals surface area contributed by atoms with E-state index < -0.39 is 22.9 Å². The van der Waals surface area contributed by atoms with Gasteiger partial charge in [0.25, 0.3) is 11.6 Å². The minimum atomic E-state index is -0.807. The lowest BCUT2D eigenvalue weighted by Crippen LogP contribution is -2.46. The first kappa shape index (κ1) is 20.6. The van der Waals surface area contributed by atoms with Crippen LogP contribution in [0.5, 0.6) is 11.5 Å². The summed E-state index contributed by atoms with van der Waals surface area (Å²) in [7, 11) is 2.99. The van der Waals surface area contributed by atoms with Crippen molar-refractivity contribution in [1.29, 1.82) is 0 Å². The monoisotopic (exact) mass is 412 g/mol. The summed E-state index contributed by atoms with van der Waals surface area (Å²) in [4.78, 5) is 35.6. The van der Waals surface area contributed by atoms with E-state index in [0.717, 1.165) is 0 Å². The van der Waals surface area contributed by atoms with Crippen molar-refractivity contribution in [2.75, 3.05) is 19.5 Å². The first-order chi connectivity index (χ1) is 14.3. The Morgan fingerprint density at radius 2 is 1.93 bits per heavy atom. The molecular formula is C20H20N4O6. The van der Waals surface area contributed by atoms with Crippen LogP contribution in [-0.2, 0) is 4.79 Å². The van der Waals surface area contributed by atoms with E-state index in [1.807, 2.05) is 0 Å². The molecule has 2 aromatic carbocycles. The highest BCUT2D eigenvalue weighted by molar-refractivity contribution is 6.07. The number of non-ortho nitro benzene ring substituents is 1. The SMILES string of the molecule is COc1ccc(C2NC(=O)NC(C)=C2C(=O)Nc2cccc([N+](=O)[O-])c2)c(OC)c1. The van der Waals surface area contributed by atoms with Crippen LogP contribution in [-0.4, -0.2) is 31.1 Å². The lowest BCUT2D eigenvalue weighted by Gasteiger charge is -2.29. The summed E-state index contributed by atoms with van der Waals surface area (Å²) in [5, 5.41) is 18.9. The molecule has 0 radical (unpaired) electrons. The minimum absolute atomic E-state index is 0.151. The van der Waals surface area contributed by atoms with Crippen LogP contribution >= 0.6 is 0 Å². The molecule has 0 bridgehead atoms. The number of rotatable bonds is 6. The highest BCUT2D eigenvalue weighted by Crippen LogP contribution is 2.35. The number of urea groups is 1. The molecule has 30 heavy (non-hydrogen) atoms. The van der Waals surface area contributed by atoms with Gasteiger partial charge in [0.2, 0.25) is 0 Å². The van der Waals surface area contributed by atoms with Crippen LogP contribution in [0.4, 0.5) is 16.2 Å². The molecule has 1 aliphatic rings. The number of carbonyl (C=O) groups is 2. The third-order valence-corrected chi connectivity index (χ3v) is 4.58. The normalized spacial score (nSPS) is 15.7. The molecule has 156 valence electrons. The van der Waals surface area contributed by atoms with Crippen LogP contribution in [0.25, 0.3) is 0 Å². The summed E-state index contributed by atoms with van der Waals surface area (Å²) in [5.74, 6) is 0.456. The van der Waals surface area contributed by atoms with Crippen molar-refractivity contribution in [2.45, 2.75) is 13.0 Å². The van der Waals surface area contributed by atoms with Crippen molar-refractivity contribution in [3.05, 3.63) is 69.4 Å². The van der Waals surface area contributed by atoms with Crippen LogP contribution in [0, 0.1) is 10.1 Å². The summed E-state index contributed by atoms with van der Waals surface area (Å²) in [5.41, 5.74) is 1.25. The van der Waals surface area contributed by atoms with Crippen molar-refractivity contribution in [2.24, 2.45) is 0 Å². The molecule has 3 amide bonds. The number of allylic oxidation sites excluding steroid dienone is 1. The van der Waals surface area contributed by atoms with E-state index in [2.05, 4.69) is 16.0 Å². The van der Waals surface area contributed by atoms with Gasteiger partial charge in [-0.2, -0.15) is 0 Å². The van der Waals surface area contributed by atoms with Gasteiger partial charge in [-0.1, -0.05) is 6.07 Å². The molecule has 1 atom stereocenters. The highest BCUT2D eigenvalue weighted by atomic mass is 16.6. The van der Waals surface area contributed by atoms with Gasteiger partial charge in [-0.15, -0.1) is 0 Å². The molecule has 2 aromatic rings. The standard InChI is InChI=1S/C20H20N4O6/c1-11-17(19(25)22-12-5-4-6-13(9-12)24(27)28)18(23-20(26)21-11)15-8-7-14(29-2)10-16(15)30-3/h4-10,18H,1-3H3,(H,22,25)(H2,21,23,26). The molecule has 0 spiro atoms. The first-order valence-electron chi connectivity index (χ1n) is 8.90. The van der Waals surface area contributed by atoms with Crippen molar-refractivity contribution >= 4 is 23.3 Å². The summed E-state index contributed by atoms with van der Waals surface area (Å²) in [6, 6.07) is 9.35. The lowest BCUT2D eigenvalue weighted by molar-refractivity contribution is -0.384. The average Bonchev–Trinajstić information content (AvgIpc) is 2.72. The van der Waals surface area contributed by atoms with E-state index in [0.29, 0.717) is 22.8 Å². The van der Waals surface area contributed by atoms with E-state index in [1.54, 1.807) is 31.2 Å². The Bertz CT molecular complexity index is 1050. The van der Waals surface area contributed by atoms with Gasteiger partial charge < -0.3 is 25.4 Å². The quantitative estimate of drug-likeness (QED) is 0.494. The Labute approximate surface area is 172 Å². The molecular weight excluding hydrogens is 392 g/mol. The number of benzene rings is 2. The van der Waals surface area contributed by atoms with Gasteiger partial charge in [0.1, 0.15) is 11.5 Å². The van der Waals surface area contributed by atoms with Gasteiger partial charge in [0, 0.05) is 35.1 Å². The molecule has 1 heterocycles. The van der Waals surface area contributed by atoms with Crippen LogP contribution in [0.3, 0.4) is 0 Å². The second-order valence-electron chi connectivity index (χ2n) is 6.44. The highest BCUT2D eigenvalue weighted by Gasteiger charge is 2.33. The van der Waals surface area contributed by atoms with Crippen LogP contribution < -0.4 is 25.4 Å². The number of anilines is 1. The molecule has 1 unspecified atom stereocenters. The van der Waals surface area contributed by atoms with Crippen molar-refractivity contribution < 1.29 is 24.0 Å². The molecule has 10 heteroatoms. The predicted octanol–water partition coefficient (Wildman–Crippen LogP) is 2.88. The Morgan fingerprint density at radius 1 is 1.17 bits per heavy atom. The summed E-state index contributed by atoms with van der Waals surface area (Å²) >= 11 is 0. The molecule has 0 aliphatic carbocycles. The number of methoxy groups -OCH3 is 2. The third kappa shape index (κ3) is 4.17. The van der Waals surface area contributed by atoms with E-state index in [1.165, 1.54) is 32.4 Å². The smallest absolute Gasteiger partial charge is 0.319 e. The topological polar surface area (TPSA) is 132 Å². The number of carbonyl (C=O) groups excluding carboxylic acids is 2. The molecule has 3 N–H and O–H groups in total. The van der Waals surface area contributed by atoms with Gasteiger partial charge in [-0.3, -0.25) is 14.9 Å². The Kier molecular flexibility index (Phi) is 5.86. The number of ether oxygens (including phenoxy) is 2. The molecule has 10 nitrogen and oxygen atoms in total. The van der Waals surface area contributed by atoms with E-state index in [9.17, 15) is 19.7 Å². The van der Waals surface area contributed by atoms with Crippen LogP contribution in [0.15, 0.2) is 53.7 Å². The molecule has 0 fully saturated rings. The van der Waals surface area contributed by atoms with Gasteiger partial charge in [-0.25, -0.2) is 4.79 Å². The second-order valence-corrected chi connectivity index (χ2v) is 6.44. The Balaban J connectivity index is 1.99. The number of nitro groups is 1. The van der Waals surface area contributed by atoms with E-state index >= 15 is 0 Å². The first-order valence-corrected chi connectivity index (χ1v) is 8.90. The van der Waals surface area contributed by atoms with Crippen molar-refractivity contribution in [3.63, 3.8) is 0 Å². The van der Waals surface area contributed by atoms with E-state index in [4.69, 9.17) is 9.47 Å². The number of hydrogen-bond donors (Lipinski definition) is 3. The maximum Gasteiger partial charge on any atom is 0.319 e. The van der Waals surface area contributed by atoms with Gasteiger partial charge in [0.05, 0.1) is 30.8 Å². The predicted molar refractivity (Wildman–Crippen MR) is 108 cm³/mol. The van der Waals surface area contributed by atoms with Gasteiger partial charge >= 0.3 is 6.03 Å². The van der Waals surface area contributed by atoms with Gasteiger partial charge in [0.15, 0.2) is 0 Å². The third-order valence-electron chi connectivity index (χ3n) is 4.58. The molecule has 0 aromatic heterocycles. The zero-order valence-corrected chi connectivity index (χ0v) is 16.5. The van der Waals surface area contributed by atoms with Gasteiger partial charge in [-0.05, 0) is 25.1 Å². The van der Waals surface area contributed by atoms with Crippen molar-refractivity contribution in [1.82, 2.24) is 10.6 Å². The fraction of sp³-hybridized carbons (Fsp3) is 0.200. The second kappa shape index (κ2) is 8.52. The van der Waals surface area contributed by atoms with Crippen LogP contribution in [0.2, 0.25) is 0 Å². The fourth-order valence-electron chi connectivity index (χ4n) is 3.18. The summed E-state index contributed by atoms with van der Waals surface area (Å²) in [6.07, 6.45) is 0. The molecule has 0 saturated carbocycles. The Hall–Kier alpha value is -4.08. The maximum absolute atomic E-state index is 13.1. The van der Waals surface area contributed by atoms with E-state index in [-0.39, 0.29) is 16.9 Å². The van der Waals surface area contributed by atoms with Crippen molar-refractivity contribution in [3.8, 4) is 11.5 Å².